The van der Waals surface area contributed by atoms with Crippen molar-refractivity contribution >= 4 is 28.9 Å². The molecule has 0 unspecified atom stereocenters. The maximum atomic E-state index is 12.3. The van der Waals surface area contributed by atoms with Gasteiger partial charge >= 0.3 is 5.97 Å². The Morgan fingerprint density at radius 2 is 1.93 bits per heavy atom. The van der Waals surface area contributed by atoms with Crippen LogP contribution >= 0.6 is 11.6 Å². The monoisotopic (exact) mass is 403 g/mol. The van der Waals surface area contributed by atoms with E-state index in [4.69, 9.17) is 27.9 Å². The summed E-state index contributed by atoms with van der Waals surface area (Å²) in [6, 6.07) is 10.1. The lowest BCUT2D eigenvalue weighted by Crippen LogP contribution is -2.31. The number of benzene rings is 2. The van der Waals surface area contributed by atoms with Crippen LogP contribution < -0.4 is 16.6 Å². The SMILES string of the molecule is CCOC(=O)C[C@@H](c1ccc(C)c(CCl)c1)c1ccc(N(N)CC)c(N)c1C. The molecule has 4 N–H and O–H groups in total. The molecule has 6 heteroatoms. The Labute approximate surface area is 172 Å². The minimum absolute atomic E-state index is 0.175. The minimum atomic E-state index is -0.239. The molecule has 0 amide bonds. The van der Waals surface area contributed by atoms with E-state index in [1.165, 1.54) is 0 Å². The molecule has 0 saturated heterocycles. The van der Waals surface area contributed by atoms with Gasteiger partial charge in [-0.3, -0.25) is 4.79 Å². The Morgan fingerprint density at radius 1 is 1.21 bits per heavy atom. The standard InChI is InChI=1S/C22H30ClN3O2/c1-5-26(25)20-10-9-18(15(4)22(20)24)19(12-21(27)28-6-2)16-8-7-14(3)17(11-16)13-23/h7-11,19H,5-6,12-13,24-25H2,1-4H3/t19-/m0/s1. The van der Waals surface area contributed by atoms with E-state index in [-0.39, 0.29) is 18.3 Å². The number of nitrogen functional groups attached to an aromatic ring is 1. The second-order valence-electron chi connectivity index (χ2n) is 6.88. The van der Waals surface area contributed by atoms with Crippen LogP contribution in [0, 0.1) is 13.8 Å². The molecule has 152 valence electrons. The molecular formula is C22H30ClN3O2. The molecule has 0 aliphatic heterocycles. The average molecular weight is 404 g/mol. The number of nitrogens with zero attached hydrogens (tertiary/aromatic N) is 1. The van der Waals surface area contributed by atoms with Crippen molar-refractivity contribution < 1.29 is 9.53 Å². The van der Waals surface area contributed by atoms with Crippen LogP contribution in [0.15, 0.2) is 30.3 Å². The fraction of sp³-hybridized carbons (Fsp3) is 0.409. The van der Waals surface area contributed by atoms with Gasteiger partial charge in [-0.15, -0.1) is 11.6 Å². The van der Waals surface area contributed by atoms with Gasteiger partial charge in [-0.05, 0) is 61.6 Å². The Hall–Kier alpha value is -2.24. The van der Waals surface area contributed by atoms with E-state index in [2.05, 4.69) is 6.07 Å². The van der Waals surface area contributed by atoms with Gasteiger partial charge in [0.2, 0.25) is 0 Å². The molecule has 5 nitrogen and oxygen atoms in total. The highest BCUT2D eigenvalue weighted by molar-refractivity contribution is 6.17. The summed E-state index contributed by atoms with van der Waals surface area (Å²) < 4.78 is 5.22. The van der Waals surface area contributed by atoms with Gasteiger partial charge < -0.3 is 15.5 Å². The molecule has 0 fully saturated rings. The zero-order valence-electron chi connectivity index (χ0n) is 17.1. The number of anilines is 2. The second kappa shape index (κ2) is 9.80. The first-order chi connectivity index (χ1) is 13.3. The van der Waals surface area contributed by atoms with Gasteiger partial charge in [0.25, 0.3) is 0 Å². The number of carbonyl (C=O) groups is 1. The van der Waals surface area contributed by atoms with Gasteiger partial charge in [0.15, 0.2) is 0 Å². The smallest absolute Gasteiger partial charge is 0.306 e. The van der Waals surface area contributed by atoms with Crippen molar-refractivity contribution in [2.75, 3.05) is 23.9 Å². The zero-order chi connectivity index (χ0) is 20.8. The van der Waals surface area contributed by atoms with Crippen LogP contribution in [-0.2, 0) is 15.4 Å². The number of nitrogens with two attached hydrogens (primary N) is 2. The van der Waals surface area contributed by atoms with Crippen molar-refractivity contribution in [3.63, 3.8) is 0 Å². The van der Waals surface area contributed by atoms with Crippen molar-refractivity contribution in [1.29, 1.82) is 0 Å². The lowest BCUT2D eigenvalue weighted by Gasteiger charge is -2.25. The average Bonchev–Trinajstić information content (AvgIpc) is 2.68. The van der Waals surface area contributed by atoms with Gasteiger partial charge in [-0.2, -0.15) is 0 Å². The van der Waals surface area contributed by atoms with Crippen molar-refractivity contribution in [3.8, 4) is 0 Å². The summed E-state index contributed by atoms with van der Waals surface area (Å²) in [6.07, 6.45) is 0.234. The predicted octanol–water partition coefficient (Wildman–Crippen LogP) is 4.41. The highest BCUT2D eigenvalue weighted by Crippen LogP contribution is 2.37. The number of ether oxygens (including phenoxy) is 1. The van der Waals surface area contributed by atoms with E-state index in [9.17, 15) is 4.79 Å². The van der Waals surface area contributed by atoms with Crippen molar-refractivity contribution in [2.24, 2.45) is 5.84 Å². The molecule has 0 saturated carbocycles. The highest BCUT2D eigenvalue weighted by Gasteiger charge is 2.23. The lowest BCUT2D eigenvalue weighted by atomic mass is 9.84. The number of hydrogen-bond donors (Lipinski definition) is 2. The molecule has 0 radical (unpaired) electrons. The number of hydrogen-bond acceptors (Lipinski definition) is 5. The van der Waals surface area contributed by atoms with E-state index in [1.54, 1.807) is 5.01 Å². The summed E-state index contributed by atoms with van der Waals surface area (Å²) in [6.45, 7) is 8.76. The summed E-state index contributed by atoms with van der Waals surface area (Å²) in [5.41, 5.74) is 12.9. The van der Waals surface area contributed by atoms with Crippen LogP contribution in [0.4, 0.5) is 11.4 Å². The molecule has 0 bridgehead atoms. The minimum Gasteiger partial charge on any atom is -0.466 e. The fourth-order valence-electron chi connectivity index (χ4n) is 3.38. The molecule has 1 atom stereocenters. The van der Waals surface area contributed by atoms with Crippen LogP contribution in [0.3, 0.4) is 0 Å². The summed E-state index contributed by atoms with van der Waals surface area (Å²) in [7, 11) is 0. The van der Waals surface area contributed by atoms with Gasteiger partial charge in [0.05, 0.1) is 24.4 Å². The number of hydrazine groups is 1. The first kappa shape index (κ1) is 22.1. The van der Waals surface area contributed by atoms with Gasteiger partial charge in [-0.1, -0.05) is 24.3 Å². The molecule has 2 aromatic rings. The number of rotatable bonds is 8. The second-order valence-corrected chi connectivity index (χ2v) is 7.15. The molecule has 2 rings (SSSR count). The molecule has 0 aliphatic carbocycles. The third-order valence-corrected chi connectivity index (χ3v) is 5.44. The zero-order valence-corrected chi connectivity index (χ0v) is 17.8. The molecule has 0 heterocycles. The molecule has 0 spiro atoms. The van der Waals surface area contributed by atoms with Crippen LogP contribution in [-0.4, -0.2) is 19.1 Å². The van der Waals surface area contributed by atoms with E-state index in [1.807, 2.05) is 52.0 Å². The van der Waals surface area contributed by atoms with Crippen LogP contribution in [0.25, 0.3) is 0 Å². The van der Waals surface area contributed by atoms with Gasteiger partial charge in [0.1, 0.15) is 0 Å². The Kier molecular flexibility index (Phi) is 7.72. The van der Waals surface area contributed by atoms with Crippen molar-refractivity contribution in [1.82, 2.24) is 0 Å². The molecule has 2 aromatic carbocycles. The fourth-order valence-corrected chi connectivity index (χ4v) is 3.66. The summed E-state index contributed by atoms with van der Waals surface area (Å²) in [4.78, 5) is 12.3. The molecular weight excluding hydrogens is 374 g/mol. The Morgan fingerprint density at radius 3 is 2.54 bits per heavy atom. The maximum absolute atomic E-state index is 12.3. The third-order valence-electron chi connectivity index (χ3n) is 5.15. The Bertz CT molecular complexity index is 839. The van der Waals surface area contributed by atoms with Crippen molar-refractivity contribution in [3.05, 3.63) is 58.1 Å². The predicted molar refractivity (Wildman–Crippen MR) is 117 cm³/mol. The lowest BCUT2D eigenvalue weighted by molar-refractivity contribution is -0.143. The first-order valence-corrected chi connectivity index (χ1v) is 10.1. The topological polar surface area (TPSA) is 81.6 Å². The number of halogens is 1. The summed E-state index contributed by atoms with van der Waals surface area (Å²) in [5.74, 6) is 6.05. The van der Waals surface area contributed by atoms with Gasteiger partial charge in [-0.25, -0.2) is 5.84 Å². The number of aryl methyl sites for hydroxylation is 1. The first-order valence-electron chi connectivity index (χ1n) is 9.56. The van der Waals surface area contributed by atoms with Crippen LogP contribution in [0.5, 0.6) is 0 Å². The highest BCUT2D eigenvalue weighted by atomic mass is 35.5. The molecule has 0 aromatic heterocycles. The van der Waals surface area contributed by atoms with E-state index >= 15 is 0 Å². The summed E-state index contributed by atoms with van der Waals surface area (Å²) in [5, 5.41) is 1.62. The quantitative estimate of drug-likeness (QED) is 0.224. The van der Waals surface area contributed by atoms with E-state index < -0.39 is 0 Å². The normalized spacial score (nSPS) is 11.9. The van der Waals surface area contributed by atoms with Gasteiger partial charge in [0, 0.05) is 18.3 Å². The maximum Gasteiger partial charge on any atom is 0.306 e. The largest absolute Gasteiger partial charge is 0.466 e. The van der Waals surface area contributed by atoms with E-state index in [0.717, 1.165) is 33.5 Å². The third kappa shape index (κ3) is 4.78. The van der Waals surface area contributed by atoms with Crippen molar-refractivity contribution in [2.45, 2.75) is 45.9 Å². The number of esters is 1. The van der Waals surface area contributed by atoms with E-state index in [0.29, 0.717) is 24.7 Å². The molecule has 28 heavy (non-hydrogen) atoms. The van der Waals surface area contributed by atoms with Crippen LogP contribution in [0.1, 0.15) is 54.0 Å². The summed E-state index contributed by atoms with van der Waals surface area (Å²) >= 11 is 6.11. The number of alkyl halides is 1. The number of carbonyl (C=O) groups excluding carboxylic acids is 1. The molecule has 0 aliphatic rings. The Balaban J connectivity index is 2.56. The van der Waals surface area contributed by atoms with Crippen LogP contribution in [0.2, 0.25) is 0 Å².